The van der Waals surface area contributed by atoms with E-state index in [-0.39, 0.29) is 23.4 Å². The van der Waals surface area contributed by atoms with Crippen molar-refractivity contribution < 1.29 is 4.79 Å². The molecule has 1 amide bonds. The largest absolute Gasteiger partial charge is 0.351 e. The van der Waals surface area contributed by atoms with E-state index in [0.717, 1.165) is 19.3 Å². The fraction of sp³-hybridized carbons (Fsp3) is 0.917. The second-order valence-corrected chi connectivity index (χ2v) is 5.65. The minimum absolute atomic E-state index is 0.0201. The number of carbonyl (C=O) groups excluding carboxylic acids is 1. The van der Waals surface area contributed by atoms with Crippen LogP contribution in [0.2, 0.25) is 0 Å². The molecule has 0 aliphatic heterocycles. The zero-order valence-corrected chi connectivity index (χ0v) is 10.2. The summed E-state index contributed by atoms with van der Waals surface area (Å²) in [6.07, 6.45) is 5.45. The molecule has 88 valence electrons. The normalized spacial score (nSPS) is 28.3. The highest BCUT2D eigenvalue weighted by molar-refractivity contribution is 5.80. The predicted molar refractivity (Wildman–Crippen MR) is 62.4 cm³/mol. The first kappa shape index (κ1) is 12.5. The van der Waals surface area contributed by atoms with Crippen LogP contribution in [0, 0.1) is 5.92 Å². The van der Waals surface area contributed by atoms with Crippen LogP contribution in [0.25, 0.3) is 0 Å². The highest BCUT2D eigenvalue weighted by Crippen LogP contribution is 2.22. The number of rotatable bonds is 1. The van der Waals surface area contributed by atoms with E-state index in [4.69, 9.17) is 5.73 Å². The first-order valence-corrected chi connectivity index (χ1v) is 5.98. The summed E-state index contributed by atoms with van der Waals surface area (Å²) in [6, 6.07) is 0.0508. The van der Waals surface area contributed by atoms with Gasteiger partial charge in [0.15, 0.2) is 0 Å². The van der Waals surface area contributed by atoms with Crippen LogP contribution in [0.15, 0.2) is 0 Å². The van der Waals surface area contributed by atoms with E-state index in [1.165, 1.54) is 12.8 Å². The molecule has 0 radical (unpaired) electrons. The molecule has 0 aromatic carbocycles. The Kier molecular flexibility index (Phi) is 4.14. The van der Waals surface area contributed by atoms with Crippen molar-refractivity contribution in [2.24, 2.45) is 11.7 Å². The summed E-state index contributed by atoms with van der Waals surface area (Å²) in [5, 5.41) is 3.03. The third-order valence-electron chi connectivity index (χ3n) is 2.90. The SMILES string of the molecule is CC(C)(C)NC(=O)C1CCCCCC1N. The zero-order valence-electron chi connectivity index (χ0n) is 10.2. The molecule has 1 rings (SSSR count). The molecule has 15 heavy (non-hydrogen) atoms. The second kappa shape index (κ2) is 4.97. The molecule has 1 aliphatic rings. The molecule has 0 bridgehead atoms. The number of carbonyl (C=O) groups is 1. The molecule has 0 saturated heterocycles. The maximum Gasteiger partial charge on any atom is 0.225 e. The van der Waals surface area contributed by atoms with Gasteiger partial charge in [-0.25, -0.2) is 0 Å². The van der Waals surface area contributed by atoms with Gasteiger partial charge >= 0.3 is 0 Å². The Balaban J connectivity index is 2.56. The smallest absolute Gasteiger partial charge is 0.225 e. The van der Waals surface area contributed by atoms with Crippen molar-refractivity contribution in [1.29, 1.82) is 0 Å². The molecular formula is C12H24N2O. The van der Waals surface area contributed by atoms with Crippen molar-refractivity contribution in [3.05, 3.63) is 0 Å². The van der Waals surface area contributed by atoms with Gasteiger partial charge in [0.2, 0.25) is 5.91 Å². The van der Waals surface area contributed by atoms with Crippen molar-refractivity contribution in [1.82, 2.24) is 5.32 Å². The third-order valence-corrected chi connectivity index (χ3v) is 2.90. The van der Waals surface area contributed by atoms with Gasteiger partial charge in [-0.05, 0) is 33.6 Å². The molecule has 1 aliphatic carbocycles. The molecule has 1 saturated carbocycles. The van der Waals surface area contributed by atoms with E-state index >= 15 is 0 Å². The van der Waals surface area contributed by atoms with Gasteiger partial charge in [-0.1, -0.05) is 19.3 Å². The van der Waals surface area contributed by atoms with Gasteiger partial charge in [0, 0.05) is 11.6 Å². The summed E-state index contributed by atoms with van der Waals surface area (Å²) in [5.41, 5.74) is 5.89. The number of nitrogens with two attached hydrogens (primary N) is 1. The fourth-order valence-electron chi connectivity index (χ4n) is 2.12. The maximum absolute atomic E-state index is 12.0. The number of amides is 1. The highest BCUT2D eigenvalue weighted by Gasteiger charge is 2.28. The van der Waals surface area contributed by atoms with Crippen LogP contribution in [-0.2, 0) is 4.79 Å². The molecule has 2 atom stereocenters. The van der Waals surface area contributed by atoms with Gasteiger partial charge in [-0.3, -0.25) is 4.79 Å². The van der Waals surface area contributed by atoms with Gasteiger partial charge in [0.05, 0.1) is 5.92 Å². The minimum Gasteiger partial charge on any atom is -0.351 e. The third kappa shape index (κ3) is 4.20. The Morgan fingerprint density at radius 2 is 1.80 bits per heavy atom. The molecule has 1 fully saturated rings. The highest BCUT2D eigenvalue weighted by atomic mass is 16.2. The lowest BCUT2D eigenvalue weighted by Crippen LogP contribution is -2.48. The van der Waals surface area contributed by atoms with E-state index < -0.39 is 0 Å². The summed E-state index contributed by atoms with van der Waals surface area (Å²) < 4.78 is 0. The standard InChI is InChI=1S/C12H24N2O/c1-12(2,3)14-11(15)9-7-5-4-6-8-10(9)13/h9-10H,4-8,13H2,1-3H3,(H,14,15). The monoisotopic (exact) mass is 212 g/mol. The average molecular weight is 212 g/mol. The minimum atomic E-state index is -0.150. The predicted octanol–water partition coefficient (Wildman–Crippen LogP) is 1.81. The van der Waals surface area contributed by atoms with E-state index in [0.29, 0.717) is 0 Å². The van der Waals surface area contributed by atoms with Gasteiger partial charge in [0.1, 0.15) is 0 Å². The lowest BCUT2D eigenvalue weighted by atomic mass is 9.93. The Hall–Kier alpha value is -0.570. The van der Waals surface area contributed by atoms with Gasteiger partial charge < -0.3 is 11.1 Å². The first-order chi connectivity index (χ1) is 6.90. The molecule has 3 heteroatoms. The van der Waals surface area contributed by atoms with Crippen LogP contribution in [0.1, 0.15) is 52.9 Å². The summed E-state index contributed by atoms with van der Waals surface area (Å²) in [5.74, 6) is 0.156. The summed E-state index contributed by atoms with van der Waals surface area (Å²) in [4.78, 5) is 12.0. The number of nitrogens with one attached hydrogen (secondary N) is 1. The van der Waals surface area contributed by atoms with Crippen LogP contribution in [-0.4, -0.2) is 17.5 Å². The Bertz CT molecular complexity index is 220. The van der Waals surface area contributed by atoms with Crippen molar-refractivity contribution in [2.45, 2.75) is 64.5 Å². The van der Waals surface area contributed by atoms with Gasteiger partial charge in [-0.15, -0.1) is 0 Å². The van der Waals surface area contributed by atoms with Crippen LogP contribution < -0.4 is 11.1 Å². The zero-order chi connectivity index (χ0) is 11.5. The molecule has 0 heterocycles. The van der Waals surface area contributed by atoms with Gasteiger partial charge in [-0.2, -0.15) is 0 Å². The van der Waals surface area contributed by atoms with Crippen LogP contribution in [0.4, 0.5) is 0 Å². The van der Waals surface area contributed by atoms with Crippen molar-refractivity contribution in [2.75, 3.05) is 0 Å². The van der Waals surface area contributed by atoms with Crippen LogP contribution in [0.5, 0.6) is 0 Å². The Morgan fingerprint density at radius 3 is 2.40 bits per heavy atom. The van der Waals surface area contributed by atoms with E-state index in [2.05, 4.69) is 5.32 Å². The van der Waals surface area contributed by atoms with E-state index in [1.54, 1.807) is 0 Å². The molecule has 0 aromatic heterocycles. The number of hydrogen-bond donors (Lipinski definition) is 2. The summed E-state index contributed by atoms with van der Waals surface area (Å²) in [6.45, 7) is 6.02. The van der Waals surface area contributed by atoms with Crippen LogP contribution in [0.3, 0.4) is 0 Å². The van der Waals surface area contributed by atoms with Crippen LogP contribution >= 0.6 is 0 Å². The number of hydrogen-bond acceptors (Lipinski definition) is 2. The second-order valence-electron chi connectivity index (χ2n) is 5.65. The van der Waals surface area contributed by atoms with Crippen molar-refractivity contribution in [3.8, 4) is 0 Å². The van der Waals surface area contributed by atoms with E-state index in [9.17, 15) is 4.79 Å². The van der Waals surface area contributed by atoms with Crippen molar-refractivity contribution in [3.63, 3.8) is 0 Å². The quantitative estimate of drug-likeness (QED) is 0.651. The lowest BCUT2D eigenvalue weighted by Gasteiger charge is -2.27. The molecule has 0 aromatic rings. The summed E-state index contributed by atoms with van der Waals surface area (Å²) in [7, 11) is 0. The lowest BCUT2D eigenvalue weighted by molar-refractivity contribution is -0.127. The molecule has 3 nitrogen and oxygen atoms in total. The Labute approximate surface area is 92.8 Å². The topological polar surface area (TPSA) is 55.1 Å². The van der Waals surface area contributed by atoms with E-state index in [1.807, 2.05) is 20.8 Å². The van der Waals surface area contributed by atoms with Crippen molar-refractivity contribution >= 4 is 5.91 Å². The Morgan fingerprint density at radius 1 is 1.20 bits per heavy atom. The molecular weight excluding hydrogens is 188 g/mol. The first-order valence-electron chi connectivity index (χ1n) is 5.98. The molecule has 0 spiro atoms. The maximum atomic E-state index is 12.0. The summed E-state index contributed by atoms with van der Waals surface area (Å²) >= 11 is 0. The fourth-order valence-corrected chi connectivity index (χ4v) is 2.12. The molecule has 2 unspecified atom stereocenters. The van der Waals surface area contributed by atoms with Gasteiger partial charge in [0.25, 0.3) is 0 Å². The average Bonchev–Trinajstić information content (AvgIpc) is 2.26. The molecule has 3 N–H and O–H groups in total.